The van der Waals surface area contributed by atoms with Gasteiger partial charge in [-0.1, -0.05) is 12.1 Å². The Balaban J connectivity index is 0.000000172. The molecular formula is C36H48N10O3S2. The third-order valence-electron chi connectivity index (χ3n) is 10.3. The fraction of sp³-hybridized carbons (Fsp3) is 0.500. The third kappa shape index (κ3) is 9.13. The monoisotopic (exact) mass is 732 g/mol. The van der Waals surface area contributed by atoms with Crippen LogP contribution in [0.3, 0.4) is 0 Å². The Bertz CT molecular complexity index is 1610. The first-order valence-electron chi connectivity index (χ1n) is 17.7. The van der Waals surface area contributed by atoms with Crippen LogP contribution < -0.4 is 21.3 Å². The van der Waals surface area contributed by atoms with Crippen molar-refractivity contribution in [2.24, 2.45) is 11.8 Å². The molecule has 2 amide bonds. The Hall–Kier alpha value is -4.34. The molecule has 2 unspecified atom stereocenters. The average Bonchev–Trinajstić information content (AvgIpc) is 3.72. The summed E-state index contributed by atoms with van der Waals surface area (Å²) in [5.74, 6) is 3.41. The van der Waals surface area contributed by atoms with Crippen molar-refractivity contribution >= 4 is 56.4 Å². The molecule has 15 heteroatoms. The van der Waals surface area contributed by atoms with Gasteiger partial charge >= 0.3 is 0 Å². The number of carbonyl (C=O) groups excluding carboxylic acids is 2. The van der Waals surface area contributed by atoms with Crippen LogP contribution in [0.1, 0.15) is 46.8 Å². The zero-order valence-electron chi connectivity index (χ0n) is 29.0. The fourth-order valence-electron chi connectivity index (χ4n) is 7.48. The van der Waals surface area contributed by atoms with Crippen LogP contribution in [0.5, 0.6) is 0 Å². The summed E-state index contributed by atoms with van der Waals surface area (Å²) < 4.78 is 0. The highest BCUT2D eigenvalue weighted by molar-refractivity contribution is 7.15. The SMILES string of the molecule is Nc1nc2c(s1)CC(CC(=O)N1CCN(c3ccccn3)CC1)CC2.Nc1nc2c(s1)CC(CC(=O)N1CCN(c3ccccn3)CC1)CC2.O. The van der Waals surface area contributed by atoms with Gasteiger partial charge in [0.1, 0.15) is 11.6 Å². The van der Waals surface area contributed by atoms with Gasteiger partial charge in [0.25, 0.3) is 0 Å². The number of nitrogen functional groups attached to an aromatic ring is 2. The summed E-state index contributed by atoms with van der Waals surface area (Å²) >= 11 is 3.17. The predicted octanol–water partition coefficient (Wildman–Crippen LogP) is 3.10. The Morgan fingerprint density at radius 3 is 1.43 bits per heavy atom. The molecule has 2 saturated heterocycles. The molecule has 6 N–H and O–H groups in total. The molecule has 272 valence electrons. The summed E-state index contributed by atoms with van der Waals surface area (Å²) in [6.07, 6.45) is 10.8. The number of aromatic nitrogens is 4. The van der Waals surface area contributed by atoms with Gasteiger partial charge in [0, 0.05) is 87.3 Å². The first kappa shape index (κ1) is 36.5. The number of amides is 2. The molecule has 0 bridgehead atoms. The van der Waals surface area contributed by atoms with Crippen molar-refractivity contribution in [2.45, 2.75) is 51.4 Å². The Labute approximate surface area is 307 Å². The smallest absolute Gasteiger partial charge is 0.222 e. The molecule has 2 aliphatic heterocycles. The lowest BCUT2D eigenvalue weighted by Gasteiger charge is -2.36. The molecule has 4 aromatic heterocycles. The number of rotatable bonds is 6. The van der Waals surface area contributed by atoms with Crippen LogP contribution in [-0.2, 0) is 35.3 Å². The molecule has 2 aliphatic carbocycles. The number of hydrogen-bond acceptors (Lipinski definition) is 12. The number of piperazine rings is 2. The number of anilines is 4. The number of aryl methyl sites for hydroxylation is 2. The molecule has 51 heavy (non-hydrogen) atoms. The van der Waals surface area contributed by atoms with Crippen LogP contribution in [0.15, 0.2) is 48.8 Å². The van der Waals surface area contributed by atoms with Crippen molar-refractivity contribution in [3.05, 3.63) is 69.9 Å². The minimum absolute atomic E-state index is 0. The van der Waals surface area contributed by atoms with Crippen LogP contribution in [-0.4, -0.2) is 99.4 Å². The largest absolute Gasteiger partial charge is 0.412 e. The standard InChI is InChI=1S/2C18H23N5OS.H2O/c2*19-18-21-14-5-4-13(11-15(14)25-18)12-17(24)23-9-7-22(8-10-23)16-3-1-2-6-20-16;/h2*1-3,6,13H,4-5,7-12H2,(H2,19,21);1H2. The van der Waals surface area contributed by atoms with E-state index in [9.17, 15) is 9.59 Å². The maximum absolute atomic E-state index is 12.7. The van der Waals surface area contributed by atoms with E-state index in [4.69, 9.17) is 11.5 Å². The number of nitrogens with zero attached hydrogens (tertiary/aromatic N) is 8. The molecule has 2 atom stereocenters. The van der Waals surface area contributed by atoms with E-state index >= 15 is 0 Å². The highest BCUT2D eigenvalue weighted by Gasteiger charge is 2.29. The van der Waals surface area contributed by atoms with Crippen molar-refractivity contribution in [1.29, 1.82) is 0 Å². The zero-order valence-corrected chi connectivity index (χ0v) is 30.6. The number of fused-ring (bicyclic) bond motifs is 2. The Morgan fingerprint density at radius 2 is 1.06 bits per heavy atom. The Morgan fingerprint density at radius 1 is 0.647 bits per heavy atom. The molecule has 8 rings (SSSR count). The summed E-state index contributed by atoms with van der Waals surface area (Å²) in [5, 5.41) is 1.31. The summed E-state index contributed by atoms with van der Waals surface area (Å²) in [5.41, 5.74) is 13.9. The van der Waals surface area contributed by atoms with Gasteiger partial charge in [-0.25, -0.2) is 19.9 Å². The normalized spacial score (nSPS) is 20.0. The molecule has 0 spiro atoms. The van der Waals surface area contributed by atoms with E-state index in [2.05, 4.69) is 29.7 Å². The second-order valence-corrected chi connectivity index (χ2v) is 15.8. The Kier molecular flexibility index (Phi) is 12.0. The topological polar surface area (TPSA) is 182 Å². The van der Waals surface area contributed by atoms with E-state index in [1.807, 2.05) is 58.6 Å². The van der Waals surface area contributed by atoms with E-state index in [0.29, 0.717) is 34.9 Å². The van der Waals surface area contributed by atoms with Gasteiger partial charge in [-0.15, -0.1) is 22.7 Å². The van der Waals surface area contributed by atoms with E-state index in [0.717, 1.165) is 114 Å². The lowest BCUT2D eigenvalue weighted by atomic mass is 9.88. The van der Waals surface area contributed by atoms with Crippen LogP contribution in [0.4, 0.5) is 21.9 Å². The van der Waals surface area contributed by atoms with Gasteiger partial charge in [0.2, 0.25) is 11.8 Å². The maximum atomic E-state index is 12.7. The lowest BCUT2D eigenvalue weighted by molar-refractivity contribution is -0.133. The quantitative estimate of drug-likeness (QED) is 0.299. The molecule has 4 aromatic rings. The summed E-state index contributed by atoms with van der Waals surface area (Å²) in [6.45, 7) is 6.52. The minimum atomic E-state index is 0. The van der Waals surface area contributed by atoms with E-state index in [1.165, 1.54) is 9.75 Å². The van der Waals surface area contributed by atoms with Crippen molar-refractivity contribution in [2.75, 3.05) is 73.6 Å². The second kappa shape index (κ2) is 16.8. The lowest BCUT2D eigenvalue weighted by Crippen LogP contribution is -2.49. The number of carbonyl (C=O) groups is 2. The van der Waals surface area contributed by atoms with Gasteiger partial charge in [-0.2, -0.15) is 0 Å². The highest BCUT2D eigenvalue weighted by atomic mass is 32.1. The zero-order chi connectivity index (χ0) is 34.5. The first-order valence-corrected chi connectivity index (χ1v) is 19.4. The maximum Gasteiger partial charge on any atom is 0.222 e. The van der Waals surface area contributed by atoms with Crippen molar-refractivity contribution < 1.29 is 15.1 Å². The summed E-state index contributed by atoms with van der Waals surface area (Å²) in [7, 11) is 0. The number of thiazole rings is 2. The third-order valence-corrected chi connectivity index (χ3v) is 12.2. The second-order valence-electron chi connectivity index (χ2n) is 13.6. The summed E-state index contributed by atoms with van der Waals surface area (Å²) in [4.78, 5) is 54.0. The molecule has 0 aromatic carbocycles. The van der Waals surface area contributed by atoms with E-state index < -0.39 is 0 Å². The van der Waals surface area contributed by atoms with Gasteiger partial charge in [-0.3, -0.25) is 9.59 Å². The molecule has 13 nitrogen and oxygen atoms in total. The average molecular weight is 733 g/mol. The minimum Gasteiger partial charge on any atom is -0.412 e. The van der Waals surface area contributed by atoms with Crippen molar-refractivity contribution in [3.8, 4) is 0 Å². The fourth-order valence-corrected chi connectivity index (χ4v) is 9.46. The highest BCUT2D eigenvalue weighted by Crippen LogP contribution is 2.34. The van der Waals surface area contributed by atoms with Crippen molar-refractivity contribution in [3.63, 3.8) is 0 Å². The molecule has 2 fully saturated rings. The van der Waals surface area contributed by atoms with Crippen molar-refractivity contribution in [1.82, 2.24) is 29.7 Å². The van der Waals surface area contributed by atoms with Crippen LogP contribution in [0, 0.1) is 11.8 Å². The van der Waals surface area contributed by atoms with Gasteiger partial charge in [-0.05, 0) is 74.6 Å². The number of hydrogen-bond donors (Lipinski definition) is 2. The van der Waals surface area contributed by atoms with E-state index in [-0.39, 0.29) is 17.3 Å². The van der Waals surface area contributed by atoms with E-state index in [1.54, 1.807) is 22.7 Å². The predicted molar refractivity (Wildman–Crippen MR) is 203 cm³/mol. The molecule has 0 saturated carbocycles. The summed E-state index contributed by atoms with van der Waals surface area (Å²) in [6, 6.07) is 11.9. The molecular weight excluding hydrogens is 685 g/mol. The van der Waals surface area contributed by atoms with Crippen LogP contribution in [0.2, 0.25) is 0 Å². The van der Waals surface area contributed by atoms with Gasteiger partial charge < -0.3 is 36.5 Å². The molecule has 6 heterocycles. The van der Waals surface area contributed by atoms with Crippen LogP contribution in [0.25, 0.3) is 0 Å². The first-order chi connectivity index (χ1) is 24.4. The van der Waals surface area contributed by atoms with Gasteiger partial charge in [0.15, 0.2) is 10.3 Å². The number of nitrogens with two attached hydrogens (primary N) is 2. The molecule has 4 aliphatic rings. The molecule has 0 radical (unpaired) electrons. The number of pyridine rings is 2. The van der Waals surface area contributed by atoms with Crippen LogP contribution >= 0.6 is 22.7 Å². The van der Waals surface area contributed by atoms with Gasteiger partial charge in [0.05, 0.1) is 11.4 Å².